The van der Waals surface area contributed by atoms with Crippen LogP contribution in [0.25, 0.3) is 38.8 Å². The Morgan fingerprint density at radius 2 is 1.84 bits per heavy atom. The first kappa shape index (κ1) is 18.6. The number of nitriles is 1. The molecule has 0 saturated carbocycles. The van der Waals surface area contributed by atoms with Gasteiger partial charge >= 0.3 is 0 Å². The zero-order chi connectivity index (χ0) is 21.7. The van der Waals surface area contributed by atoms with E-state index in [1.54, 1.807) is 29.0 Å². The van der Waals surface area contributed by atoms with Crippen molar-refractivity contribution in [1.29, 1.82) is 10.7 Å². The predicted octanol–water partition coefficient (Wildman–Crippen LogP) is 4.55. The lowest BCUT2D eigenvalue weighted by molar-refractivity contribution is 0.475. The molecule has 2 heterocycles. The van der Waals surface area contributed by atoms with Crippen LogP contribution in [0.15, 0.2) is 66.9 Å². The molecule has 2 aromatic heterocycles. The summed E-state index contributed by atoms with van der Waals surface area (Å²) in [5, 5.41) is 29.0. The molecule has 0 radical (unpaired) electrons. The maximum Gasteiger partial charge on any atom is 0.207 e. The van der Waals surface area contributed by atoms with E-state index in [0.717, 1.165) is 44.3 Å². The van der Waals surface area contributed by atoms with E-state index in [1.807, 2.05) is 61.0 Å². The number of phenols is 1. The third kappa shape index (κ3) is 2.87. The highest BCUT2D eigenvalue weighted by Crippen LogP contribution is 2.31. The summed E-state index contributed by atoms with van der Waals surface area (Å²) in [5.74, 6) is 0.209. The van der Waals surface area contributed by atoms with Crippen molar-refractivity contribution in [2.24, 2.45) is 7.05 Å². The summed E-state index contributed by atoms with van der Waals surface area (Å²) in [5.41, 5.74) is 6.95. The average Bonchev–Trinajstić information content (AvgIpc) is 3.04. The minimum atomic E-state index is 0.209. The van der Waals surface area contributed by atoms with Gasteiger partial charge in [-0.3, -0.25) is 15.0 Å². The molecule has 31 heavy (non-hydrogen) atoms. The fourth-order valence-electron chi connectivity index (χ4n) is 4.04. The van der Waals surface area contributed by atoms with Crippen LogP contribution < -0.4 is 5.62 Å². The molecule has 0 spiro atoms. The van der Waals surface area contributed by atoms with Crippen LogP contribution in [0.5, 0.6) is 5.75 Å². The van der Waals surface area contributed by atoms with E-state index < -0.39 is 0 Å². The van der Waals surface area contributed by atoms with Crippen molar-refractivity contribution in [2.75, 3.05) is 0 Å². The molecule has 150 valence electrons. The molecule has 0 bridgehead atoms. The van der Waals surface area contributed by atoms with Crippen LogP contribution in [-0.4, -0.2) is 19.2 Å². The van der Waals surface area contributed by atoms with Crippen molar-refractivity contribution in [1.82, 2.24) is 14.1 Å². The highest BCUT2D eigenvalue weighted by molar-refractivity contribution is 6.04. The molecule has 0 aliphatic heterocycles. The number of nitrogens with one attached hydrogen (secondary N) is 1. The number of imidazole rings is 1. The highest BCUT2D eigenvalue weighted by Gasteiger charge is 2.16. The summed E-state index contributed by atoms with van der Waals surface area (Å²) < 4.78 is 3.67. The molecule has 0 unspecified atom stereocenters. The topological polar surface area (TPSA) is 90.6 Å². The summed E-state index contributed by atoms with van der Waals surface area (Å²) >= 11 is 0. The van der Waals surface area contributed by atoms with Crippen molar-refractivity contribution >= 4 is 21.9 Å². The van der Waals surface area contributed by atoms with Crippen LogP contribution in [0.3, 0.4) is 0 Å². The van der Waals surface area contributed by atoms with Gasteiger partial charge in [-0.1, -0.05) is 24.3 Å². The van der Waals surface area contributed by atoms with E-state index in [0.29, 0.717) is 11.2 Å². The quantitative estimate of drug-likeness (QED) is 0.451. The molecule has 0 fully saturated rings. The highest BCUT2D eigenvalue weighted by atomic mass is 16.3. The van der Waals surface area contributed by atoms with Crippen molar-refractivity contribution < 1.29 is 5.11 Å². The molecule has 6 heteroatoms. The second-order valence-electron chi connectivity index (χ2n) is 7.61. The van der Waals surface area contributed by atoms with Crippen LogP contribution in [0.2, 0.25) is 0 Å². The van der Waals surface area contributed by atoms with Crippen LogP contribution in [0.1, 0.15) is 11.1 Å². The van der Waals surface area contributed by atoms with Crippen molar-refractivity contribution in [3.63, 3.8) is 0 Å². The molecular formula is C25H19N5O. The number of aromatic nitrogens is 3. The Morgan fingerprint density at radius 3 is 2.61 bits per heavy atom. The lowest BCUT2D eigenvalue weighted by Crippen LogP contribution is -2.21. The van der Waals surface area contributed by atoms with Gasteiger partial charge < -0.3 is 9.67 Å². The fourth-order valence-corrected chi connectivity index (χ4v) is 4.04. The third-order valence-electron chi connectivity index (χ3n) is 5.69. The van der Waals surface area contributed by atoms with Crippen molar-refractivity contribution in [2.45, 2.75) is 6.92 Å². The monoisotopic (exact) mass is 405 g/mol. The first-order valence-electron chi connectivity index (χ1n) is 9.83. The number of hydrogen-bond acceptors (Lipinski definition) is 4. The number of benzene rings is 3. The molecule has 0 saturated heterocycles. The minimum Gasteiger partial charge on any atom is -0.508 e. The average molecular weight is 405 g/mol. The maximum absolute atomic E-state index is 9.90. The van der Waals surface area contributed by atoms with Gasteiger partial charge in [0.25, 0.3) is 0 Å². The fraction of sp³-hybridized carbons (Fsp3) is 0.0800. The largest absolute Gasteiger partial charge is 0.508 e. The summed E-state index contributed by atoms with van der Waals surface area (Å²) in [6.45, 7) is 1.98. The van der Waals surface area contributed by atoms with Crippen LogP contribution in [0, 0.1) is 23.7 Å². The Balaban J connectivity index is 1.91. The molecule has 5 aromatic rings. The van der Waals surface area contributed by atoms with Gasteiger partial charge in [0.15, 0.2) is 0 Å². The van der Waals surface area contributed by atoms with Crippen LogP contribution in [-0.2, 0) is 7.05 Å². The third-order valence-corrected chi connectivity index (χ3v) is 5.69. The number of pyridine rings is 1. The van der Waals surface area contributed by atoms with E-state index in [9.17, 15) is 10.4 Å². The Labute approximate surface area is 178 Å². The lowest BCUT2D eigenvalue weighted by atomic mass is 10.0. The Kier molecular flexibility index (Phi) is 4.12. The standard InChI is InChI=1S/C25H19N5O/c1-15-6-7-16(13-26)10-22(15)30-24-20-12-18(17-4-3-5-19(31)11-17)8-9-21(20)28-14-23(24)29(2)25(30)27/h3-12,14,27,31H,1-2H3. The Bertz CT molecular complexity index is 1600. The van der Waals surface area contributed by atoms with Gasteiger partial charge in [-0.15, -0.1) is 0 Å². The Morgan fingerprint density at radius 1 is 1.03 bits per heavy atom. The minimum absolute atomic E-state index is 0.209. The van der Waals surface area contributed by atoms with E-state index in [1.165, 1.54) is 0 Å². The summed E-state index contributed by atoms with van der Waals surface area (Å²) in [6.07, 6.45) is 1.78. The van der Waals surface area contributed by atoms with Gasteiger partial charge in [0, 0.05) is 12.4 Å². The van der Waals surface area contributed by atoms with Gasteiger partial charge in [-0.05, 0) is 60.0 Å². The molecule has 3 aromatic carbocycles. The second kappa shape index (κ2) is 6.85. The maximum atomic E-state index is 9.90. The predicted molar refractivity (Wildman–Crippen MR) is 120 cm³/mol. The van der Waals surface area contributed by atoms with E-state index in [4.69, 9.17) is 5.41 Å². The Hall–Kier alpha value is -4.37. The van der Waals surface area contributed by atoms with Gasteiger partial charge in [0.1, 0.15) is 5.75 Å². The number of rotatable bonds is 2. The van der Waals surface area contributed by atoms with Crippen LogP contribution >= 0.6 is 0 Å². The first-order valence-corrected chi connectivity index (χ1v) is 9.83. The van der Waals surface area contributed by atoms with Gasteiger partial charge in [0.2, 0.25) is 5.62 Å². The molecule has 0 atom stereocenters. The van der Waals surface area contributed by atoms with E-state index in [-0.39, 0.29) is 5.75 Å². The SMILES string of the molecule is Cc1ccc(C#N)cc1-n1c(=N)n(C)c2cnc3ccc(-c4cccc(O)c4)cc3c21. The number of nitrogens with zero attached hydrogens (tertiary/aromatic N) is 4. The lowest BCUT2D eigenvalue weighted by Gasteiger charge is -2.11. The second-order valence-corrected chi connectivity index (χ2v) is 7.61. The molecule has 6 nitrogen and oxygen atoms in total. The summed E-state index contributed by atoms with van der Waals surface area (Å²) in [4.78, 5) is 4.61. The van der Waals surface area contributed by atoms with Gasteiger partial charge in [-0.25, -0.2) is 0 Å². The molecule has 0 aliphatic rings. The molecule has 2 N–H and O–H groups in total. The number of phenolic OH excluding ortho intramolecular Hbond substituents is 1. The van der Waals surface area contributed by atoms with Crippen molar-refractivity contribution in [3.05, 3.63) is 83.6 Å². The van der Waals surface area contributed by atoms with Crippen LogP contribution in [0.4, 0.5) is 0 Å². The zero-order valence-electron chi connectivity index (χ0n) is 17.1. The summed E-state index contributed by atoms with van der Waals surface area (Å²) in [6, 6.07) is 20.8. The number of aromatic hydroxyl groups is 1. The van der Waals surface area contributed by atoms with Gasteiger partial charge in [0.05, 0.1) is 40.1 Å². The smallest absolute Gasteiger partial charge is 0.207 e. The molecule has 5 rings (SSSR count). The zero-order valence-corrected chi connectivity index (χ0v) is 17.1. The summed E-state index contributed by atoms with van der Waals surface area (Å²) in [7, 11) is 1.84. The molecular weight excluding hydrogens is 386 g/mol. The first-order chi connectivity index (χ1) is 15.0. The van der Waals surface area contributed by atoms with E-state index in [2.05, 4.69) is 11.1 Å². The number of fused-ring (bicyclic) bond motifs is 3. The number of aryl methyl sites for hydroxylation is 2. The van der Waals surface area contributed by atoms with Gasteiger partial charge in [-0.2, -0.15) is 5.26 Å². The van der Waals surface area contributed by atoms with Crippen molar-refractivity contribution in [3.8, 4) is 28.6 Å². The molecule has 0 aliphatic carbocycles. The number of hydrogen-bond donors (Lipinski definition) is 2. The molecule has 0 amide bonds. The van der Waals surface area contributed by atoms with E-state index >= 15 is 0 Å². The normalized spacial score (nSPS) is 11.1.